The van der Waals surface area contributed by atoms with E-state index in [2.05, 4.69) is 28.7 Å². The minimum absolute atomic E-state index is 0.0282. The Bertz CT molecular complexity index is 515. The molecule has 1 saturated heterocycles. The summed E-state index contributed by atoms with van der Waals surface area (Å²) in [6.07, 6.45) is 8.04. The molecule has 2 aliphatic rings. The molecule has 2 heterocycles. The number of hydrogen-bond donors (Lipinski definition) is 1. The van der Waals surface area contributed by atoms with Gasteiger partial charge in [0.1, 0.15) is 6.61 Å². The summed E-state index contributed by atoms with van der Waals surface area (Å²) in [5, 5.41) is 8.85. The molecular formula is C16H25N3O3. The Kier molecular flexibility index (Phi) is 4.23. The molecule has 122 valence electrons. The van der Waals surface area contributed by atoms with Crippen LogP contribution in [-0.4, -0.2) is 52.6 Å². The first kappa shape index (κ1) is 15.5. The molecule has 0 radical (unpaired) electrons. The van der Waals surface area contributed by atoms with Gasteiger partial charge >= 0.3 is 0 Å². The Morgan fingerprint density at radius 2 is 2.05 bits per heavy atom. The molecule has 3 rings (SSSR count). The second-order valence-corrected chi connectivity index (χ2v) is 6.90. The summed E-state index contributed by atoms with van der Waals surface area (Å²) >= 11 is 0. The van der Waals surface area contributed by atoms with Crippen molar-refractivity contribution in [2.75, 3.05) is 31.2 Å². The van der Waals surface area contributed by atoms with Crippen LogP contribution in [0, 0.1) is 0 Å². The fraction of sp³-hybridized carbons (Fsp3) is 0.750. The molecule has 1 N–H and O–H groups in total. The Morgan fingerprint density at radius 3 is 2.77 bits per heavy atom. The summed E-state index contributed by atoms with van der Waals surface area (Å²) < 4.78 is 11.8. The van der Waals surface area contributed by atoms with Crippen molar-refractivity contribution < 1.29 is 14.6 Å². The van der Waals surface area contributed by atoms with Gasteiger partial charge < -0.3 is 19.5 Å². The minimum Gasteiger partial charge on any atom is -0.474 e. The number of aliphatic hydroxyl groups excluding tert-OH is 1. The molecule has 1 aliphatic heterocycles. The van der Waals surface area contributed by atoms with Gasteiger partial charge in [-0.25, -0.2) is 0 Å². The first-order valence-electron chi connectivity index (χ1n) is 8.03. The van der Waals surface area contributed by atoms with E-state index in [1.165, 1.54) is 12.8 Å². The molecule has 0 aromatic carbocycles. The number of rotatable bonds is 4. The van der Waals surface area contributed by atoms with Crippen LogP contribution in [0.4, 0.5) is 5.82 Å². The zero-order valence-electron chi connectivity index (χ0n) is 13.4. The van der Waals surface area contributed by atoms with Crippen LogP contribution < -0.4 is 9.64 Å². The van der Waals surface area contributed by atoms with E-state index in [0.29, 0.717) is 5.88 Å². The van der Waals surface area contributed by atoms with Gasteiger partial charge in [0.2, 0.25) is 5.88 Å². The van der Waals surface area contributed by atoms with E-state index in [4.69, 9.17) is 14.6 Å². The van der Waals surface area contributed by atoms with Crippen LogP contribution >= 0.6 is 0 Å². The highest BCUT2D eigenvalue weighted by Crippen LogP contribution is 2.41. The predicted molar refractivity (Wildman–Crippen MR) is 83.2 cm³/mol. The van der Waals surface area contributed by atoms with Gasteiger partial charge in [-0.1, -0.05) is 12.8 Å². The topological polar surface area (TPSA) is 67.7 Å². The lowest BCUT2D eigenvalue weighted by atomic mass is 9.94. The van der Waals surface area contributed by atoms with Gasteiger partial charge in [-0.05, 0) is 26.7 Å². The average molecular weight is 307 g/mol. The first-order chi connectivity index (χ1) is 10.5. The van der Waals surface area contributed by atoms with Gasteiger partial charge in [0.25, 0.3) is 0 Å². The predicted octanol–water partition coefficient (Wildman–Crippen LogP) is 1.78. The van der Waals surface area contributed by atoms with Crippen molar-refractivity contribution in [3.63, 3.8) is 0 Å². The summed E-state index contributed by atoms with van der Waals surface area (Å²) in [6, 6.07) is 0. The molecule has 0 amide bonds. The van der Waals surface area contributed by atoms with Crippen molar-refractivity contribution in [2.24, 2.45) is 0 Å². The van der Waals surface area contributed by atoms with Crippen molar-refractivity contribution in [1.29, 1.82) is 0 Å². The molecule has 22 heavy (non-hydrogen) atoms. The molecule has 0 atom stereocenters. The lowest BCUT2D eigenvalue weighted by Crippen LogP contribution is -2.59. The van der Waals surface area contributed by atoms with Crippen LogP contribution in [0.5, 0.6) is 5.88 Å². The van der Waals surface area contributed by atoms with Crippen LogP contribution in [0.2, 0.25) is 0 Å². The normalized spacial score (nSPS) is 23.0. The summed E-state index contributed by atoms with van der Waals surface area (Å²) in [5.41, 5.74) is -0.252. The SMILES string of the molecule is CC1(C)CN(c2cncc(OCCO)n2)CC2(CCCC2)O1. The molecule has 1 aromatic heterocycles. The summed E-state index contributed by atoms with van der Waals surface area (Å²) in [6.45, 7) is 6.12. The second kappa shape index (κ2) is 6.01. The monoisotopic (exact) mass is 307 g/mol. The molecule has 1 aromatic rings. The molecular weight excluding hydrogens is 282 g/mol. The van der Waals surface area contributed by atoms with Crippen molar-refractivity contribution in [1.82, 2.24) is 9.97 Å². The molecule has 1 aliphatic carbocycles. The third kappa shape index (κ3) is 3.33. The van der Waals surface area contributed by atoms with Gasteiger partial charge in [0.05, 0.1) is 30.2 Å². The van der Waals surface area contributed by atoms with E-state index in [-0.39, 0.29) is 24.4 Å². The Balaban J connectivity index is 1.80. The lowest BCUT2D eigenvalue weighted by molar-refractivity contribution is -0.148. The number of hydrogen-bond acceptors (Lipinski definition) is 6. The van der Waals surface area contributed by atoms with E-state index in [9.17, 15) is 0 Å². The molecule has 2 fully saturated rings. The van der Waals surface area contributed by atoms with E-state index in [0.717, 1.165) is 31.7 Å². The summed E-state index contributed by atoms with van der Waals surface area (Å²) in [4.78, 5) is 11.0. The molecule has 1 saturated carbocycles. The van der Waals surface area contributed by atoms with E-state index < -0.39 is 0 Å². The molecule has 6 heteroatoms. The number of ether oxygens (including phenoxy) is 2. The van der Waals surface area contributed by atoms with Gasteiger partial charge in [0.15, 0.2) is 5.82 Å². The zero-order valence-corrected chi connectivity index (χ0v) is 13.4. The smallest absolute Gasteiger partial charge is 0.234 e. The fourth-order valence-electron chi connectivity index (χ4n) is 3.67. The van der Waals surface area contributed by atoms with Crippen molar-refractivity contribution in [3.8, 4) is 5.88 Å². The first-order valence-corrected chi connectivity index (χ1v) is 8.03. The maximum Gasteiger partial charge on any atom is 0.234 e. The largest absolute Gasteiger partial charge is 0.474 e. The molecule has 0 unspecified atom stereocenters. The number of morpholine rings is 1. The molecule has 1 spiro atoms. The van der Waals surface area contributed by atoms with Gasteiger partial charge in [0, 0.05) is 13.1 Å². The van der Waals surface area contributed by atoms with Crippen LogP contribution in [0.1, 0.15) is 39.5 Å². The van der Waals surface area contributed by atoms with E-state index in [1.807, 2.05) is 0 Å². The van der Waals surface area contributed by atoms with Gasteiger partial charge in [-0.15, -0.1) is 0 Å². The molecule has 0 bridgehead atoms. The lowest BCUT2D eigenvalue weighted by Gasteiger charge is -2.49. The second-order valence-electron chi connectivity index (χ2n) is 6.90. The number of anilines is 1. The highest BCUT2D eigenvalue weighted by Gasteiger charge is 2.46. The average Bonchev–Trinajstić information content (AvgIpc) is 2.91. The molecule has 6 nitrogen and oxygen atoms in total. The van der Waals surface area contributed by atoms with Crippen molar-refractivity contribution >= 4 is 5.82 Å². The third-order valence-corrected chi connectivity index (χ3v) is 4.32. The van der Waals surface area contributed by atoms with Crippen LogP contribution in [0.25, 0.3) is 0 Å². The highest BCUT2D eigenvalue weighted by atomic mass is 16.5. The Morgan fingerprint density at radius 1 is 1.27 bits per heavy atom. The maximum atomic E-state index is 8.85. The standard InChI is InChI=1S/C16H25N3O3/c1-15(2)11-19(12-16(22-15)5-3-4-6-16)13-9-17-10-14(18-13)21-8-7-20/h9-10,20H,3-8,11-12H2,1-2H3. The maximum absolute atomic E-state index is 8.85. The highest BCUT2D eigenvalue weighted by molar-refractivity contribution is 5.40. The van der Waals surface area contributed by atoms with Crippen LogP contribution in [-0.2, 0) is 4.74 Å². The number of aliphatic hydroxyl groups is 1. The summed E-state index contributed by atoms with van der Waals surface area (Å²) in [5.74, 6) is 1.27. The van der Waals surface area contributed by atoms with Gasteiger partial charge in [-0.2, -0.15) is 4.98 Å². The Hall–Kier alpha value is -1.40. The third-order valence-electron chi connectivity index (χ3n) is 4.32. The van der Waals surface area contributed by atoms with Crippen molar-refractivity contribution in [3.05, 3.63) is 12.4 Å². The quantitative estimate of drug-likeness (QED) is 0.914. The van der Waals surface area contributed by atoms with Crippen molar-refractivity contribution in [2.45, 2.75) is 50.7 Å². The van der Waals surface area contributed by atoms with E-state index in [1.54, 1.807) is 12.4 Å². The Labute approximate surface area is 131 Å². The number of aromatic nitrogens is 2. The minimum atomic E-state index is -0.202. The van der Waals surface area contributed by atoms with Crippen LogP contribution in [0.3, 0.4) is 0 Å². The number of nitrogens with zero attached hydrogens (tertiary/aromatic N) is 3. The van der Waals surface area contributed by atoms with Crippen LogP contribution in [0.15, 0.2) is 12.4 Å². The zero-order chi connectivity index (χ0) is 15.6. The summed E-state index contributed by atoms with van der Waals surface area (Å²) in [7, 11) is 0. The van der Waals surface area contributed by atoms with E-state index >= 15 is 0 Å². The van der Waals surface area contributed by atoms with Gasteiger partial charge in [-0.3, -0.25) is 4.98 Å². The fourth-order valence-corrected chi connectivity index (χ4v) is 3.67.